The van der Waals surface area contributed by atoms with Gasteiger partial charge in [0.25, 0.3) is 0 Å². The lowest BCUT2D eigenvalue weighted by Crippen LogP contribution is -2.45. The van der Waals surface area contributed by atoms with Crippen LogP contribution in [-0.4, -0.2) is 63.5 Å². The molecule has 2 N–H and O–H groups in total. The number of carbonyl (C=O) groups excluding carboxylic acids is 2. The highest BCUT2D eigenvalue weighted by Gasteiger charge is 2.26. The van der Waals surface area contributed by atoms with E-state index in [0.29, 0.717) is 36.1 Å². The summed E-state index contributed by atoms with van der Waals surface area (Å²) in [7, 11) is 1.50. The van der Waals surface area contributed by atoms with Crippen molar-refractivity contribution in [2.24, 2.45) is 0 Å². The van der Waals surface area contributed by atoms with E-state index in [1.54, 1.807) is 24.3 Å². The number of anilines is 1. The van der Waals surface area contributed by atoms with Gasteiger partial charge in [-0.05, 0) is 29.8 Å². The first-order valence-corrected chi connectivity index (χ1v) is 10.1. The second-order valence-electron chi connectivity index (χ2n) is 7.14. The molecule has 31 heavy (non-hydrogen) atoms. The number of nitrogens with one attached hydrogen (secondary N) is 2. The molecule has 2 aliphatic rings. The van der Waals surface area contributed by atoms with E-state index in [4.69, 9.17) is 18.9 Å². The number of ether oxygens (including phenoxy) is 4. The maximum Gasteiger partial charge on any atom is 0.313 e. The number of nitrogens with zero attached hydrogens (tertiary/aromatic N) is 1. The summed E-state index contributed by atoms with van der Waals surface area (Å²) in [4.78, 5) is 27.1. The molecule has 2 heterocycles. The zero-order chi connectivity index (χ0) is 21.6. The van der Waals surface area contributed by atoms with Crippen molar-refractivity contribution in [3.63, 3.8) is 0 Å². The monoisotopic (exact) mass is 427 g/mol. The second kappa shape index (κ2) is 9.67. The molecular weight excluding hydrogens is 402 g/mol. The van der Waals surface area contributed by atoms with Crippen molar-refractivity contribution < 1.29 is 28.5 Å². The number of para-hydroxylation sites is 2. The van der Waals surface area contributed by atoms with Gasteiger partial charge in [0.1, 0.15) is 5.75 Å². The molecular formula is C22H25N3O6. The lowest BCUT2D eigenvalue weighted by molar-refractivity contribution is -0.136. The first-order valence-electron chi connectivity index (χ1n) is 10.1. The molecule has 1 atom stereocenters. The fourth-order valence-corrected chi connectivity index (χ4v) is 3.66. The highest BCUT2D eigenvalue weighted by atomic mass is 16.7. The molecule has 9 heteroatoms. The summed E-state index contributed by atoms with van der Waals surface area (Å²) in [5.74, 6) is 0.386. The number of amides is 2. The van der Waals surface area contributed by atoms with Gasteiger partial charge in [-0.1, -0.05) is 18.2 Å². The molecule has 0 unspecified atom stereocenters. The molecule has 2 amide bonds. The summed E-state index contributed by atoms with van der Waals surface area (Å²) in [6.45, 7) is 3.13. The van der Waals surface area contributed by atoms with Gasteiger partial charge in [-0.2, -0.15) is 0 Å². The van der Waals surface area contributed by atoms with Gasteiger partial charge >= 0.3 is 11.8 Å². The number of methoxy groups -OCH3 is 1. The molecule has 0 saturated carbocycles. The van der Waals surface area contributed by atoms with Crippen LogP contribution in [0.15, 0.2) is 42.5 Å². The molecule has 0 spiro atoms. The fraction of sp³-hybridized carbons (Fsp3) is 0.364. The van der Waals surface area contributed by atoms with Crippen LogP contribution in [0.2, 0.25) is 0 Å². The summed E-state index contributed by atoms with van der Waals surface area (Å²) in [6.07, 6.45) is 0. The molecule has 9 nitrogen and oxygen atoms in total. The normalized spacial score (nSPS) is 16.4. The summed E-state index contributed by atoms with van der Waals surface area (Å²) < 4.78 is 21.6. The third kappa shape index (κ3) is 4.89. The summed E-state index contributed by atoms with van der Waals surface area (Å²) in [6, 6.07) is 12.5. The predicted octanol–water partition coefficient (Wildman–Crippen LogP) is 1.55. The van der Waals surface area contributed by atoms with Crippen molar-refractivity contribution in [3.8, 4) is 17.2 Å². The van der Waals surface area contributed by atoms with E-state index in [0.717, 1.165) is 18.7 Å². The molecule has 1 saturated heterocycles. The molecule has 1 fully saturated rings. The van der Waals surface area contributed by atoms with Crippen LogP contribution in [-0.2, 0) is 14.3 Å². The van der Waals surface area contributed by atoms with E-state index in [2.05, 4.69) is 15.5 Å². The Kier molecular flexibility index (Phi) is 6.54. The number of fused-ring (bicyclic) bond motifs is 1. The van der Waals surface area contributed by atoms with Crippen LogP contribution in [0.1, 0.15) is 11.6 Å². The molecule has 0 radical (unpaired) electrons. The second-order valence-corrected chi connectivity index (χ2v) is 7.14. The Labute approximate surface area is 180 Å². The smallest absolute Gasteiger partial charge is 0.313 e. The Morgan fingerprint density at radius 3 is 2.65 bits per heavy atom. The first kappa shape index (κ1) is 21.0. The molecule has 4 rings (SSSR count). The molecule has 0 bridgehead atoms. The highest BCUT2D eigenvalue weighted by Crippen LogP contribution is 2.35. The van der Waals surface area contributed by atoms with E-state index in [-0.39, 0.29) is 19.4 Å². The Hall–Kier alpha value is -3.30. The highest BCUT2D eigenvalue weighted by molar-refractivity contribution is 6.39. The Balaban J connectivity index is 1.44. The van der Waals surface area contributed by atoms with Gasteiger partial charge in [-0.15, -0.1) is 0 Å². The van der Waals surface area contributed by atoms with Crippen LogP contribution in [0.25, 0.3) is 0 Å². The molecule has 0 aliphatic carbocycles. The van der Waals surface area contributed by atoms with Gasteiger partial charge < -0.3 is 29.6 Å². The van der Waals surface area contributed by atoms with E-state index >= 15 is 0 Å². The average molecular weight is 427 g/mol. The average Bonchev–Trinajstić information content (AvgIpc) is 3.28. The van der Waals surface area contributed by atoms with Crippen molar-refractivity contribution in [2.75, 3.05) is 52.1 Å². The van der Waals surface area contributed by atoms with E-state index in [1.165, 1.54) is 7.11 Å². The first-order chi connectivity index (χ1) is 15.2. The van der Waals surface area contributed by atoms with Crippen molar-refractivity contribution >= 4 is 17.5 Å². The molecule has 164 valence electrons. The predicted molar refractivity (Wildman–Crippen MR) is 112 cm³/mol. The van der Waals surface area contributed by atoms with Gasteiger partial charge in [0.2, 0.25) is 6.79 Å². The Bertz CT molecular complexity index is 945. The number of morpholine rings is 1. The van der Waals surface area contributed by atoms with Gasteiger partial charge in [-0.3, -0.25) is 14.5 Å². The summed E-state index contributed by atoms with van der Waals surface area (Å²) >= 11 is 0. The van der Waals surface area contributed by atoms with Crippen molar-refractivity contribution in [1.29, 1.82) is 0 Å². The van der Waals surface area contributed by atoms with E-state index < -0.39 is 11.8 Å². The molecule has 0 aromatic heterocycles. The Morgan fingerprint density at radius 1 is 1.06 bits per heavy atom. The third-order valence-electron chi connectivity index (χ3n) is 5.29. The van der Waals surface area contributed by atoms with Crippen LogP contribution in [0.4, 0.5) is 5.69 Å². The molecule has 2 aromatic carbocycles. The minimum atomic E-state index is -0.754. The third-order valence-corrected chi connectivity index (χ3v) is 5.29. The van der Waals surface area contributed by atoms with E-state index in [9.17, 15) is 9.59 Å². The number of rotatable bonds is 6. The number of hydrogen-bond acceptors (Lipinski definition) is 7. The quantitative estimate of drug-likeness (QED) is 0.675. The topological polar surface area (TPSA) is 98.4 Å². The summed E-state index contributed by atoms with van der Waals surface area (Å²) in [5, 5.41) is 5.35. The van der Waals surface area contributed by atoms with Crippen LogP contribution < -0.4 is 24.8 Å². The largest absolute Gasteiger partial charge is 0.495 e. The van der Waals surface area contributed by atoms with Crippen molar-refractivity contribution in [1.82, 2.24) is 10.2 Å². The summed E-state index contributed by atoms with van der Waals surface area (Å²) in [5.41, 5.74) is 1.40. The number of carbonyl (C=O) groups is 2. The van der Waals surface area contributed by atoms with E-state index in [1.807, 2.05) is 18.2 Å². The molecule has 2 aromatic rings. The van der Waals surface area contributed by atoms with Gasteiger partial charge in [0, 0.05) is 19.6 Å². The maximum absolute atomic E-state index is 12.5. The van der Waals surface area contributed by atoms with Gasteiger partial charge in [0.05, 0.1) is 32.1 Å². The lowest BCUT2D eigenvalue weighted by atomic mass is 10.0. The SMILES string of the molecule is COc1ccccc1NC(=O)C(=O)NC[C@H](c1ccc2c(c1)OCO2)N1CCOCC1. The van der Waals surface area contributed by atoms with Crippen molar-refractivity contribution in [3.05, 3.63) is 48.0 Å². The van der Waals surface area contributed by atoms with Crippen LogP contribution >= 0.6 is 0 Å². The van der Waals surface area contributed by atoms with Crippen LogP contribution in [0.5, 0.6) is 17.2 Å². The zero-order valence-corrected chi connectivity index (χ0v) is 17.3. The standard InChI is InChI=1S/C22H25N3O6/c1-28-18-5-3-2-4-16(18)24-22(27)21(26)23-13-17(25-8-10-29-11-9-25)15-6-7-19-20(12-15)31-14-30-19/h2-7,12,17H,8-11,13-14H2,1H3,(H,23,26)(H,24,27)/t17-/m1/s1. The Morgan fingerprint density at radius 2 is 1.84 bits per heavy atom. The maximum atomic E-state index is 12.5. The molecule has 2 aliphatic heterocycles. The van der Waals surface area contributed by atoms with Crippen molar-refractivity contribution in [2.45, 2.75) is 6.04 Å². The van der Waals surface area contributed by atoms with Gasteiger partial charge in [0.15, 0.2) is 11.5 Å². The number of hydrogen-bond donors (Lipinski definition) is 2. The van der Waals surface area contributed by atoms with Gasteiger partial charge in [-0.25, -0.2) is 0 Å². The lowest BCUT2D eigenvalue weighted by Gasteiger charge is -2.34. The minimum absolute atomic E-state index is 0.138. The van der Waals surface area contributed by atoms with Crippen LogP contribution in [0.3, 0.4) is 0 Å². The number of benzene rings is 2. The fourth-order valence-electron chi connectivity index (χ4n) is 3.66. The minimum Gasteiger partial charge on any atom is -0.495 e. The van der Waals surface area contributed by atoms with Crippen LogP contribution in [0, 0.1) is 0 Å². The zero-order valence-electron chi connectivity index (χ0n) is 17.3.